The van der Waals surface area contributed by atoms with Gasteiger partial charge in [-0.3, -0.25) is 4.79 Å². The van der Waals surface area contributed by atoms with Crippen LogP contribution in [-0.2, 0) is 6.54 Å². The number of ether oxygens (including phenoxy) is 3. The third-order valence-corrected chi connectivity index (χ3v) is 4.05. The number of hydrogen-bond acceptors (Lipinski definition) is 7. The van der Waals surface area contributed by atoms with Crippen molar-refractivity contribution in [2.75, 3.05) is 27.9 Å². The van der Waals surface area contributed by atoms with E-state index in [9.17, 15) is 4.79 Å². The summed E-state index contributed by atoms with van der Waals surface area (Å²) < 4.78 is 17.7. The van der Waals surface area contributed by atoms with E-state index in [0.29, 0.717) is 47.6 Å². The first-order valence-corrected chi connectivity index (χ1v) is 8.54. The molecule has 0 fully saturated rings. The van der Waals surface area contributed by atoms with Gasteiger partial charge in [0.2, 0.25) is 5.75 Å². The Morgan fingerprint density at radius 2 is 1.68 bits per heavy atom. The van der Waals surface area contributed by atoms with Crippen molar-refractivity contribution in [2.45, 2.75) is 6.54 Å². The largest absolute Gasteiger partial charge is 0.493 e. The predicted octanol–water partition coefficient (Wildman–Crippen LogP) is 1.80. The molecule has 0 unspecified atom stereocenters. The highest BCUT2D eigenvalue weighted by Gasteiger charge is 2.17. The summed E-state index contributed by atoms with van der Waals surface area (Å²) in [5.41, 5.74) is 0.409. The van der Waals surface area contributed by atoms with Crippen LogP contribution in [0.1, 0.15) is 10.4 Å². The number of benzene rings is 1. The van der Waals surface area contributed by atoms with E-state index in [4.69, 9.17) is 14.2 Å². The minimum atomic E-state index is -0.253. The van der Waals surface area contributed by atoms with Crippen molar-refractivity contribution in [1.82, 2.24) is 24.8 Å². The molecule has 0 saturated carbocycles. The van der Waals surface area contributed by atoms with Crippen molar-refractivity contribution in [1.29, 1.82) is 0 Å². The molecule has 2 aromatic heterocycles. The topological polar surface area (TPSA) is 100 Å². The molecular weight excluding hydrogens is 362 g/mol. The first kappa shape index (κ1) is 19.2. The van der Waals surface area contributed by atoms with E-state index in [2.05, 4.69) is 20.3 Å². The highest BCUT2D eigenvalue weighted by Crippen LogP contribution is 2.38. The number of nitrogens with zero attached hydrogens (tertiary/aromatic N) is 4. The van der Waals surface area contributed by atoms with Crippen LogP contribution in [0.4, 0.5) is 0 Å². The summed E-state index contributed by atoms with van der Waals surface area (Å²) in [4.78, 5) is 25.2. The second-order valence-electron chi connectivity index (χ2n) is 5.69. The van der Waals surface area contributed by atoms with Gasteiger partial charge in [0.25, 0.3) is 5.91 Å². The average Bonchev–Trinajstić information content (AvgIpc) is 3.21. The van der Waals surface area contributed by atoms with E-state index in [-0.39, 0.29) is 5.91 Å². The van der Waals surface area contributed by atoms with Crippen molar-refractivity contribution < 1.29 is 19.0 Å². The maximum Gasteiger partial charge on any atom is 0.251 e. The Bertz CT molecular complexity index is 918. The third kappa shape index (κ3) is 4.03. The van der Waals surface area contributed by atoms with E-state index in [1.807, 2.05) is 10.8 Å². The van der Waals surface area contributed by atoms with Crippen LogP contribution < -0.4 is 19.5 Å². The molecule has 0 aliphatic heterocycles. The second kappa shape index (κ2) is 8.85. The Kier molecular flexibility index (Phi) is 6.05. The molecule has 3 aromatic rings. The lowest BCUT2D eigenvalue weighted by Crippen LogP contribution is -2.27. The Morgan fingerprint density at radius 1 is 1.00 bits per heavy atom. The summed E-state index contributed by atoms with van der Waals surface area (Å²) in [5.74, 6) is 2.20. The summed E-state index contributed by atoms with van der Waals surface area (Å²) in [6.45, 7) is 0.912. The maximum absolute atomic E-state index is 12.6. The van der Waals surface area contributed by atoms with Gasteiger partial charge in [-0.05, 0) is 18.2 Å². The molecule has 0 spiro atoms. The highest BCUT2D eigenvalue weighted by atomic mass is 16.5. The van der Waals surface area contributed by atoms with Gasteiger partial charge in [-0.1, -0.05) is 0 Å². The third-order valence-electron chi connectivity index (χ3n) is 4.05. The number of hydrogen-bond donors (Lipinski definition) is 1. The number of nitrogens with one attached hydrogen (secondary N) is 1. The van der Waals surface area contributed by atoms with Crippen LogP contribution in [0.3, 0.4) is 0 Å². The Balaban J connectivity index is 1.68. The van der Waals surface area contributed by atoms with Gasteiger partial charge in [-0.15, -0.1) is 0 Å². The van der Waals surface area contributed by atoms with E-state index < -0.39 is 0 Å². The molecule has 1 amide bonds. The van der Waals surface area contributed by atoms with Crippen LogP contribution in [0.2, 0.25) is 0 Å². The first-order chi connectivity index (χ1) is 13.7. The lowest BCUT2D eigenvalue weighted by Gasteiger charge is -2.14. The van der Waals surface area contributed by atoms with Crippen molar-refractivity contribution in [2.24, 2.45) is 0 Å². The van der Waals surface area contributed by atoms with Gasteiger partial charge >= 0.3 is 0 Å². The van der Waals surface area contributed by atoms with E-state index in [1.54, 1.807) is 36.8 Å². The second-order valence-corrected chi connectivity index (χ2v) is 5.69. The minimum absolute atomic E-state index is 0.253. The quantitative estimate of drug-likeness (QED) is 0.633. The zero-order valence-corrected chi connectivity index (χ0v) is 15.9. The van der Waals surface area contributed by atoms with Gasteiger partial charge in [0, 0.05) is 43.4 Å². The SMILES string of the molecule is COc1cc(C(=O)NCCn2ccnc2-c2ncccn2)cc(OC)c1OC. The summed E-state index contributed by atoms with van der Waals surface area (Å²) in [7, 11) is 4.52. The van der Waals surface area contributed by atoms with E-state index in [1.165, 1.54) is 21.3 Å². The molecule has 3 rings (SSSR count). The van der Waals surface area contributed by atoms with Crippen molar-refractivity contribution in [3.05, 3.63) is 48.5 Å². The summed E-state index contributed by atoms with van der Waals surface area (Å²) in [6, 6.07) is 4.96. The number of amides is 1. The zero-order valence-electron chi connectivity index (χ0n) is 15.9. The van der Waals surface area contributed by atoms with Crippen LogP contribution in [0.5, 0.6) is 17.2 Å². The fourth-order valence-electron chi connectivity index (χ4n) is 2.71. The lowest BCUT2D eigenvalue weighted by molar-refractivity contribution is 0.0951. The zero-order chi connectivity index (χ0) is 19.9. The number of aromatic nitrogens is 4. The molecule has 9 heteroatoms. The molecule has 2 heterocycles. The first-order valence-electron chi connectivity index (χ1n) is 8.54. The van der Waals surface area contributed by atoms with E-state index >= 15 is 0 Å². The molecule has 0 aliphatic carbocycles. The fraction of sp³-hybridized carbons (Fsp3) is 0.263. The highest BCUT2D eigenvalue weighted by molar-refractivity contribution is 5.95. The number of methoxy groups -OCH3 is 3. The normalized spacial score (nSPS) is 10.4. The summed E-state index contributed by atoms with van der Waals surface area (Å²) in [6.07, 6.45) is 6.81. The number of rotatable bonds is 8. The molecule has 0 radical (unpaired) electrons. The Hall–Kier alpha value is -3.62. The van der Waals surface area contributed by atoms with Gasteiger partial charge in [0.15, 0.2) is 23.1 Å². The van der Waals surface area contributed by atoms with Crippen LogP contribution >= 0.6 is 0 Å². The predicted molar refractivity (Wildman–Crippen MR) is 102 cm³/mol. The molecule has 28 heavy (non-hydrogen) atoms. The summed E-state index contributed by atoms with van der Waals surface area (Å²) in [5, 5.41) is 2.88. The number of carbonyl (C=O) groups is 1. The van der Waals surface area contributed by atoms with Crippen molar-refractivity contribution in [3.63, 3.8) is 0 Å². The molecular formula is C19H21N5O4. The average molecular weight is 383 g/mol. The molecule has 0 atom stereocenters. The Labute approximate surface area is 162 Å². The molecule has 9 nitrogen and oxygen atoms in total. The molecule has 1 N–H and O–H groups in total. The van der Waals surface area contributed by atoms with Crippen LogP contribution in [0.25, 0.3) is 11.6 Å². The van der Waals surface area contributed by atoms with Gasteiger partial charge in [-0.25, -0.2) is 15.0 Å². The minimum Gasteiger partial charge on any atom is -0.493 e. The van der Waals surface area contributed by atoms with Gasteiger partial charge in [0.1, 0.15) is 0 Å². The van der Waals surface area contributed by atoms with Gasteiger partial charge in [-0.2, -0.15) is 0 Å². The van der Waals surface area contributed by atoms with Gasteiger partial charge in [0.05, 0.1) is 21.3 Å². The molecule has 146 valence electrons. The molecule has 1 aromatic carbocycles. The van der Waals surface area contributed by atoms with Gasteiger partial charge < -0.3 is 24.1 Å². The number of imidazole rings is 1. The Morgan fingerprint density at radius 3 is 2.29 bits per heavy atom. The van der Waals surface area contributed by atoms with Crippen LogP contribution in [0, 0.1) is 0 Å². The summed E-state index contributed by atoms with van der Waals surface area (Å²) >= 11 is 0. The van der Waals surface area contributed by atoms with Crippen LogP contribution in [-0.4, -0.2) is 53.3 Å². The fourth-order valence-corrected chi connectivity index (χ4v) is 2.71. The molecule has 0 bridgehead atoms. The molecule has 0 saturated heterocycles. The standard InChI is InChI=1S/C19H21N5O4/c1-26-14-11-13(12-15(27-2)16(14)28-3)19(25)23-8-10-24-9-7-22-18(24)17-20-5-4-6-21-17/h4-7,9,11-12H,8,10H2,1-3H3,(H,23,25). The number of carbonyl (C=O) groups excluding carboxylic acids is 1. The monoisotopic (exact) mass is 383 g/mol. The maximum atomic E-state index is 12.6. The molecule has 0 aliphatic rings. The van der Waals surface area contributed by atoms with Crippen molar-refractivity contribution >= 4 is 5.91 Å². The smallest absolute Gasteiger partial charge is 0.251 e. The van der Waals surface area contributed by atoms with E-state index in [0.717, 1.165) is 0 Å². The van der Waals surface area contributed by atoms with Crippen LogP contribution in [0.15, 0.2) is 43.0 Å². The van der Waals surface area contributed by atoms with Crippen molar-refractivity contribution in [3.8, 4) is 28.9 Å². The lowest BCUT2D eigenvalue weighted by atomic mass is 10.1.